The molecule has 3 nitrogen and oxygen atoms in total. The van der Waals surface area contributed by atoms with Gasteiger partial charge in [0.05, 0.1) is 12.7 Å². The van der Waals surface area contributed by atoms with Gasteiger partial charge >= 0.3 is 0 Å². The predicted molar refractivity (Wildman–Crippen MR) is 60.0 cm³/mol. The maximum Gasteiger partial charge on any atom is 0.0586 e. The number of hydrogen-bond donors (Lipinski definition) is 1. The van der Waals surface area contributed by atoms with Crippen LogP contribution in [0.4, 0.5) is 0 Å². The van der Waals surface area contributed by atoms with Crippen molar-refractivity contribution in [1.82, 2.24) is 5.32 Å². The van der Waals surface area contributed by atoms with Crippen molar-refractivity contribution in [2.45, 2.75) is 44.2 Å². The summed E-state index contributed by atoms with van der Waals surface area (Å²) in [5.41, 5.74) is 0. The summed E-state index contributed by atoms with van der Waals surface area (Å²) in [7, 11) is 1.82. The summed E-state index contributed by atoms with van der Waals surface area (Å²) in [6.07, 6.45) is 6.72. The zero-order valence-electron chi connectivity index (χ0n) is 9.71. The van der Waals surface area contributed by atoms with Gasteiger partial charge in [-0.1, -0.05) is 0 Å². The molecule has 2 rings (SSSR count). The van der Waals surface area contributed by atoms with E-state index in [4.69, 9.17) is 9.47 Å². The maximum absolute atomic E-state index is 5.47. The SMILES string of the molecule is COC1CCC(NCC2CCCOC2)C1. The van der Waals surface area contributed by atoms with E-state index in [2.05, 4.69) is 5.32 Å². The fraction of sp³-hybridized carbons (Fsp3) is 1.00. The molecule has 0 aromatic carbocycles. The van der Waals surface area contributed by atoms with Crippen molar-refractivity contribution in [3.63, 3.8) is 0 Å². The van der Waals surface area contributed by atoms with Crippen LogP contribution < -0.4 is 5.32 Å². The largest absolute Gasteiger partial charge is 0.381 e. The Bertz CT molecular complexity index is 180. The first-order chi connectivity index (χ1) is 7.38. The Kier molecular flexibility index (Phi) is 4.42. The third-order valence-corrected chi connectivity index (χ3v) is 3.67. The third kappa shape index (κ3) is 3.44. The van der Waals surface area contributed by atoms with Crippen molar-refractivity contribution >= 4 is 0 Å². The predicted octanol–water partition coefficient (Wildman–Crippen LogP) is 1.57. The zero-order valence-corrected chi connectivity index (χ0v) is 9.71. The highest BCUT2D eigenvalue weighted by atomic mass is 16.5. The number of ether oxygens (including phenoxy) is 2. The van der Waals surface area contributed by atoms with Crippen molar-refractivity contribution in [2.24, 2.45) is 5.92 Å². The summed E-state index contributed by atoms with van der Waals surface area (Å²) in [4.78, 5) is 0. The van der Waals surface area contributed by atoms with Gasteiger partial charge in [0.2, 0.25) is 0 Å². The Balaban J connectivity index is 1.61. The molecule has 3 heteroatoms. The molecule has 1 aliphatic carbocycles. The Morgan fingerprint density at radius 2 is 2.27 bits per heavy atom. The average molecular weight is 213 g/mol. The minimum Gasteiger partial charge on any atom is -0.381 e. The molecule has 3 atom stereocenters. The van der Waals surface area contributed by atoms with Crippen LogP contribution in [-0.4, -0.2) is 39.0 Å². The number of nitrogens with one attached hydrogen (secondary N) is 1. The summed E-state index contributed by atoms with van der Waals surface area (Å²) in [6.45, 7) is 3.04. The van der Waals surface area contributed by atoms with Crippen molar-refractivity contribution in [2.75, 3.05) is 26.9 Å². The summed E-state index contributed by atoms with van der Waals surface area (Å²) >= 11 is 0. The monoisotopic (exact) mass is 213 g/mol. The van der Waals surface area contributed by atoms with Crippen molar-refractivity contribution in [1.29, 1.82) is 0 Å². The van der Waals surface area contributed by atoms with Crippen LogP contribution in [-0.2, 0) is 9.47 Å². The van der Waals surface area contributed by atoms with Gasteiger partial charge in [-0.25, -0.2) is 0 Å². The summed E-state index contributed by atoms with van der Waals surface area (Å²) in [5, 5.41) is 3.66. The molecule has 0 aromatic heterocycles. The van der Waals surface area contributed by atoms with E-state index in [1.54, 1.807) is 0 Å². The average Bonchev–Trinajstić information content (AvgIpc) is 2.76. The van der Waals surface area contributed by atoms with E-state index < -0.39 is 0 Å². The molecule has 0 bridgehead atoms. The Morgan fingerprint density at radius 1 is 1.33 bits per heavy atom. The van der Waals surface area contributed by atoms with Crippen LogP contribution in [0.25, 0.3) is 0 Å². The van der Waals surface area contributed by atoms with Gasteiger partial charge in [-0.3, -0.25) is 0 Å². The van der Waals surface area contributed by atoms with Gasteiger partial charge < -0.3 is 14.8 Å². The Hall–Kier alpha value is -0.120. The van der Waals surface area contributed by atoms with Crippen molar-refractivity contribution < 1.29 is 9.47 Å². The molecule has 15 heavy (non-hydrogen) atoms. The van der Waals surface area contributed by atoms with Gasteiger partial charge in [0, 0.05) is 26.3 Å². The number of hydrogen-bond acceptors (Lipinski definition) is 3. The molecule has 0 aromatic rings. The van der Waals surface area contributed by atoms with E-state index in [1.807, 2.05) is 7.11 Å². The van der Waals surface area contributed by atoms with Gasteiger partial charge in [0.1, 0.15) is 0 Å². The molecule has 1 N–H and O–H groups in total. The summed E-state index contributed by atoms with van der Waals surface area (Å²) in [6, 6.07) is 0.678. The first kappa shape index (κ1) is 11.4. The quantitative estimate of drug-likeness (QED) is 0.769. The minimum atomic E-state index is 0.491. The lowest BCUT2D eigenvalue weighted by atomic mass is 10.0. The van der Waals surface area contributed by atoms with Gasteiger partial charge in [-0.2, -0.15) is 0 Å². The first-order valence-corrected chi connectivity index (χ1v) is 6.22. The highest BCUT2D eigenvalue weighted by Crippen LogP contribution is 2.22. The third-order valence-electron chi connectivity index (χ3n) is 3.67. The second kappa shape index (κ2) is 5.83. The van der Waals surface area contributed by atoms with Crippen LogP contribution in [0.15, 0.2) is 0 Å². The second-order valence-corrected chi connectivity index (χ2v) is 4.86. The topological polar surface area (TPSA) is 30.5 Å². The molecule has 1 aliphatic heterocycles. The van der Waals surface area contributed by atoms with Gasteiger partial charge in [0.15, 0.2) is 0 Å². The molecular weight excluding hydrogens is 190 g/mol. The molecule has 1 saturated carbocycles. The van der Waals surface area contributed by atoms with E-state index in [-0.39, 0.29) is 0 Å². The van der Waals surface area contributed by atoms with Crippen LogP contribution in [0.3, 0.4) is 0 Å². The molecule has 1 saturated heterocycles. The molecular formula is C12H23NO2. The number of rotatable bonds is 4. The van der Waals surface area contributed by atoms with Crippen LogP contribution >= 0.6 is 0 Å². The zero-order chi connectivity index (χ0) is 10.5. The van der Waals surface area contributed by atoms with Gasteiger partial charge in [0.25, 0.3) is 0 Å². The Morgan fingerprint density at radius 3 is 2.93 bits per heavy atom. The first-order valence-electron chi connectivity index (χ1n) is 6.22. The standard InChI is InChI=1S/C12H23NO2/c1-14-12-5-4-11(7-12)13-8-10-3-2-6-15-9-10/h10-13H,2-9H2,1H3. The van der Waals surface area contributed by atoms with Crippen LogP contribution in [0, 0.1) is 5.92 Å². The van der Waals surface area contributed by atoms with E-state index in [1.165, 1.54) is 32.1 Å². The summed E-state index contributed by atoms with van der Waals surface area (Å²) < 4.78 is 10.8. The number of methoxy groups -OCH3 is 1. The molecule has 2 fully saturated rings. The highest BCUT2D eigenvalue weighted by molar-refractivity contribution is 4.82. The van der Waals surface area contributed by atoms with E-state index in [0.29, 0.717) is 12.1 Å². The molecule has 0 amide bonds. The smallest absolute Gasteiger partial charge is 0.0586 e. The molecule has 1 heterocycles. The van der Waals surface area contributed by atoms with Crippen molar-refractivity contribution in [3.05, 3.63) is 0 Å². The highest BCUT2D eigenvalue weighted by Gasteiger charge is 2.24. The fourth-order valence-electron chi connectivity index (χ4n) is 2.64. The molecule has 3 unspecified atom stereocenters. The molecule has 88 valence electrons. The summed E-state index contributed by atoms with van der Waals surface area (Å²) in [5.74, 6) is 0.736. The lowest BCUT2D eigenvalue weighted by Crippen LogP contribution is -2.35. The molecule has 0 radical (unpaired) electrons. The van der Waals surface area contributed by atoms with Crippen LogP contribution in [0.1, 0.15) is 32.1 Å². The van der Waals surface area contributed by atoms with Gasteiger partial charge in [-0.05, 0) is 38.0 Å². The van der Waals surface area contributed by atoms with Gasteiger partial charge in [-0.15, -0.1) is 0 Å². The molecule has 0 spiro atoms. The fourth-order valence-corrected chi connectivity index (χ4v) is 2.64. The van der Waals surface area contributed by atoms with Crippen molar-refractivity contribution in [3.8, 4) is 0 Å². The molecule has 2 aliphatic rings. The maximum atomic E-state index is 5.47. The Labute approximate surface area is 92.5 Å². The van der Waals surface area contributed by atoms with E-state index in [9.17, 15) is 0 Å². The minimum absolute atomic E-state index is 0.491. The normalized spacial score (nSPS) is 37.0. The second-order valence-electron chi connectivity index (χ2n) is 4.86. The lowest BCUT2D eigenvalue weighted by Gasteiger charge is -2.24. The van der Waals surface area contributed by atoms with E-state index in [0.717, 1.165) is 25.7 Å². The van der Waals surface area contributed by atoms with Crippen LogP contribution in [0.2, 0.25) is 0 Å². The van der Waals surface area contributed by atoms with E-state index >= 15 is 0 Å². The lowest BCUT2D eigenvalue weighted by molar-refractivity contribution is 0.0534. The van der Waals surface area contributed by atoms with Crippen LogP contribution in [0.5, 0.6) is 0 Å².